The number of carbonyl (C=O) groups excluding carboxylic acids is 1. The predicted molar refractivity (Wildman–Crippen MR) is 61.6 cm³/mol. The van der Waals surface area contributed by atoms with Crippen LogP contribution in [0.2, 0.25) is 0 Å². The summed E-state index contributed by atoms with van der Waals surface area (Å²) in [6.45, 7) is 0. The van der Waals surface area contributed by atoms with E-state index >= 15 is 0 Å². The van der Waals surface area contributed by atoms with Crippen LogP contribution in [0.25, 0.3) is 0 Å². The molecule has 1 atom stereocenters. The quantitative estimate of drug-likeness (QED) is 0.890. The van der Waals surface area contributed by atoms with Crippen LogP contribution >= 0.6 is 0 Å². The fraction of sp³-hybridized carbons (Fsp3) is 0.417. The summed E-state index contributed by atoms with van der Waals surface area (Å²) in [4.78, 5) is 12.0. The standard InChI is InChI=1S/C12H15F2NO3/c1-15(2)11(17)12(13,14)10(16)8-4-6-9(18-3)7-5-8/h4-7,10,16H,1-3H3. The van der Waals surface area contributed by atoms with Crippen LogP contribution in [0.15, 0.2) is 24.3 Å². The molecular formula is C12H15F2NO3. The molecule has 4 nitrogen and oxygen atoms in total. The maximum Gasteiger partial charge on any atom is 0.353 e. The number of aliphatic hydroxyl groups excluding tert-OH is 1. The van der Waals surface area contributed by atoms with Gasteiger partial charge >= 0.3 is 5.92 Å². The van der Waals surface area contributed by atoms with Crippen LogP contribution in [-0.4, -0.2) is 43.0 Å². The molecule has 18 heavy (non-hydrogen) atoms. The summed E-state index contributed by atoms with van der Waals surface area (Å²) in [6.07, 6.45) is -2.18. The highest BCUT2D eigenvalue weighted by Crippen LogP contribution is 2.33. The first kappa shape index (κ1) is 14.4. The number of benzene rings is 1. The first-order chi connectivity index (χ1) is 8.30. The van der Waals surface area contributed by atoms with E-state index in [4.69, 9.17) is 4.74 Å². The maximum absolute atomic E-state index is 13.7. The van der Waals surface area contributed by atoms with E-state index in [2.05, 4.69) is 0 Å². The van der Waals surface area contributed by atoms with E-state index in [9.17, 15) is 18.7 Å². The largest absolute Gasteiger partial charge is 0.497 e. The molecule has 0 aliphatic carbocycles. The van der Waals surface area contributed by atoms with Crippen LogP contribution in [0.4, 0.5) is 8.78 Å². The molecule has 1 N–H and O–H groups in total. The number of hydrogen-bond donors (Lipinski definition) is 1. The van der Waals surface area contributed by atoms with Gasteiger partial charge in [0, 0.05) is 14.1 Å². The van der Waals surface area contributed by atoms with E-state index in [1.807, 2.05) is 0 Å². The average molecular weight is 259 g/mol. The predicted octanol–water partition coefficient (Wildman–Crippen LogP) is 1.45. The minimum absolute atomic E-state index is 0.0454. The van der Waals surface area contributed by atoms with Crippen molar-refractivity contribution >= 4 is 5.91 Å². The summed E-state index contributed by atoms with van der Waals surface area (Å²) in [7, 11) is 3.85. The molecule has 6 heteroatoms. The lowest BCUT2D eigenvalue weighted by molar-refractivity contribution is -0.173. The Labute approximate surface area is 104 Å². The van der Waals surface area contributed by atoms with Crippen molar-refractivity contribution in [3.05, 3.63) is 29.8 Å². The van der Waals surface area contributed by atoms with E-state index in [1.165, 1.54) is 45.5 Å². The first-order valence-electron chi connectivity index (χ1n) is 5.22. The van der Waals surface area contributed by atoms with Crippen molar-refractivity contribution in [3.63, 3.8) is 0 Å². The molecule has 1 aromatic carbocycles. The topological polar surface area (TPSA) is 49.8 Å². The Balaban J connectivity index is 2.97. The molecule has 0 heterocycles. The van der Waals surface area contributed by atoms with E-state index in [-0.39, 0.29) is 5.56 Å². The summed E-state index contributed by atoms with van der Waals surface area (Å²) in [5, 5.41) is 9.59. The number of aliphatic hydroxyl groups is 1. The Morgan fingerprint density at radius 3 is 2.22 bits per heavy atom. The van der Waals surface area contributed by atoms with Gasteiger partial charge in [0.05, 0.1) is 7.11 Å². The first-order valence-corrected chi connectivity index (χ1v) is 5.22. The molecule has 100 valence electrons. The van der Waals surface area contributed by atoms with Gasteiger partial charge in [0.15, 0.2) is 6.10 Å². The van der Waals surface area contributed by atoms with Crippen molar-refractivity contribution < 1.29 is 23.4 Å². The van der Waals surface area contributed by atoms with Crippen LogP contribution in [0.5, 0.6) is 5.75 Å². The Bertz CT molecular complexity index is 418. The van der Waals surface area contributed by atoms with Gasteiger partial charge in [-0.3, -0.25) is 4.79 Å². The van der Waals surface area contributed by atoms with Gasteiger partial charge in [-0.15, -0.1) is 0 Å². The molecule has 0 spiro atoms. The highest BCUT2D eigenvalue weighted by molar-refractivity contribution is 5.83. The van der Waals surface area contributed by atoms with Gasteiger partial charge in [0.2, 0.25) is 0 Å². The monoisotopic (exact) mass is 259 g/mol. The third kappa shape index (κ3) is 2.76. The second-order valence-corrected chi connectivity index (χ2v) is 4.00. The second kappa shape index (κ2) is 5.30. The molecule has 0 aliphatic heterocycles. The maximum atomic E-state index is 13.7. The average Bonchev–Trinajstić information content (AvgIpc) is 2.36. The van der Waals surface area contributed by atoms with Crippen molar-refractivity contribution in [2.24, 2.45) is 0 Å². The molecule has 0 radical (unpaired) electrons. The molecule has 0 fully saturated rings. The molecule has 1 aromatic rings. The van der Waals surface area contributed by atoms with E-state index in [0.717, 1.165) is 4.90 Å². The molecule has 0 bridgehead atoms. The molecule has 0 aromatic heterocycles. The fourth-order valence-corrected chi connectivity index (χ4v) is 1.41. The zero-order valence-electron chi connectivity index (χ0n) is 10.4. The number of rotatable bonds is 4. The van der Waals surface area contributed by atoms with Crippen LogP contribution in [0.3, 0.4) is 0 Å². The lowest BCUT2D eigenvalue weighted by Crippen LogP contribution is -2.43. The number of carbonyl (C=O) groups is 1. The van der Waals surface area contributed by atoms with Crippen molar-refractivity contribution in [3.8, 4) is 5.75 Å². The number of nitrogens with zero attached hydrogens (tertiary/aromatic N) is 1. The van der Waals surface area contributed by atoms with Gasteiger partial charge in [-0.1, -0.05) is 12.1 Å². The second-order valence-electron chi connectivity index (χ2n) is 4.00. The van der Waals surface area contributed by atoms with Crippen molar-refractivity contribution in [1.82, 2.24) is 4.90 Å². The summed E-state index contributed by atoms with van der Waals surface area (Å²) >= 11 is 0. The summed E-state index contributed by atoms with van der Waals surface area (Å²) in [5.74, 6) is -4.82. The lowest BCUT2D eigenvalue weighted by Gasteiger charge is -2.24. The Kier molecular flexibility index (Phi) is 4.24. The number of amides is 1. The number of alkyl halides is 2. The molecule has 0 saturated carbocycles. The van der Waals surface area contributed by atoms with Crippen LogP contribution in [0, 0.1) is 0 Å². The minimum atomic E-state index is -3.86. The van der Waals surface area contributed by atoms with E-state index < -0.39 is 17.9 Å². The molecule has 0 saturated heterocycles. The van der Waals surface area contributed by atoms with Gasteiger partial charge < -0.3 is 14.7 Å². The lowest BCUT2D eigenvalue weighted by atomic mass is 10.0. The van der Waals surface area contributed by atoms with Gasteiger partial charge in [-0.2, -0.15) is 8.78 Å². The Morgan fingerprint density at radius 1 is 1.33 bits per heavy atom. The van der Waals surface area contributed by atoms with Crippen molar-refractivity contribution in [1.29, 1.82) is 0 Å². The highest BCUT2D eigenvalue weighted by atomic mass is 19.3. The summed E-state index contributed by atoms with van der Waals surface area (Å²) < 4.78 is 32.2. The number of halogens is 2. The zero-order valence-corrected chi connectivity index (χ0v) is 10.4. The smallest absolute Gasteiger partial charge is 0.353 e. The van der Waals surface area contributed by atoms with E-state index in [1.54, 1.807) is 0 Å². The minimum Gasteiger partial charge on any atom is -0.497 e. The number of ether oxygens (including phenoxy) is 1. The Hall–Kier alpha value is -1.69. The van der Waals surface area contributed by atoms with Crippen molar-refractivity contribution in [2.75, 3.05) is 21.2 Å². The van der Waals surface area contributed by atoms with Crippen LogP contribution in [-0.2, 0) is 4.79 Å². The van der Waals surface area contributed by atoms with Crippen molar-refractivity contribution in [2.45, 2.75) is 12.0 Å². The Morgan fingerprint density at radius 2 is 1.83 bits per heavy atom. The van der Waals surface area contributed by atoms with Gasteiger partial charge in [-0.25, -0.2) is 0 Å². The van der Waals surface area contributed by atoms with Crippen LogP contribution < -0.4 is 4.74 Å². The summed E-state index contributed by atoms with van der Waals surface area (Å²) in [6, 6.07) is 5.46. The van der Waals surface area contributed by atoms with Gasteiger partial charge in [0.1, 0.15) is 5.75 Å². The van der Waals surface area contributed by atoms with Gasteiger partial charge in [0.25, 0.3) is 5.91 Å². The molecule has 1 unspecified atom stereocenters. The van der Waals surface area contributed by atoms with Gasteiger partial charge in [-0.05, 0) is 17.7 Å². The highest BCUT2D eigenvalue weighted by Gasteiger charge is 2.48. The molecule has 1 rings (SSSR count). The third-order valence-electron chi connectivity index (χ3n) is 2.47. The zero-order chi connectivity index (χ0) is 13.9. The molecule has 1 amide bonds. The van der Waals surface area contributed by atoms with E-state index in [0.29, 0.717) is 5.75 Å². The summed E-state index contributed by atoms with van der Waals surface area (Å²) in [5.41, 5.74) is -0.0454. The normalized spacial score (nSPS) is 13.0. The number of methoxy groups -OCH3 is 1. The SMILES string of the molecule is COc1ccc(C(O)C(F)(F)C(=O)N(C)C)cc1. The fourth-order valence-electron chi connectivity index (χ4n) is 1.41. The third-order valence-corrected chi connectivity index (χ3v) is 2.47. The number of hydrogen-bond acceptors (Lipinski definition) is 3. The molecule has 0 aliphatic rings. The van der Waals surface area contributed by atoms with Crippen LogP contribution in [0.1, 0.15) is 11.7 Å². The molecular weight excluding hydrogens is 244 g/mol.